The molecular weight excluding hydrogens is 513 g/mol. The summed E-state index contributed by atoms with van der Waals surface area (Å²) < 4.78 is 12.7. The summed E-state index contributed by atoms with van der Waals surface area (Å²) in [5.74, 6) is 1.13. The van der Waals surface area contributed by atoms with Crippen LogP contribution in [0.25, 0.3) is 6.08 Å². The molecule has 8 heteroatoms. The van der Waals surface area contributed by atoms with Gasteiger partial charge in [0.25, 0.3) is 5.91 Å². The van der Waals surface area contributed by atoms with E-state index in [0.717, 1.165) is 14.7 Å². The van der Waals surface area contributed by atoms with Crippen LogP contribution in [-0.4, -0.2) is 36.7 Å². The van der Waals surface area contributed by atoms with E-state index in [1.165, 1.54) is 16.7 Å². The quantitative estimate of drug-likeness (QED) is 0.399. The third-order valence-corrected chi connectivity index (χ3v) is 6.29. The Balaban J connectivity index is 1.90. The lowest BCUT2D eigenvalue weighted by molar-refractivity contribution is -0.121. The molecule has 1 fully saturated rings. The molecule has 0 saturated carbocycles. The Labute approximate surface area is 193 Å². The van der Waals surface area contributed by atoms with Crippen molar-refractivity contribution in [3.05, 3.63) is 61.6 Å². The average molecular weight is 533 g/mol. The van der Waals surface area contributed by atoms with Crippen LogP contribution in [0, 0.1) is 14.9 Å². The van der Waals surface area contributed by atoms with E-state index >= 15 is 0 Å². The first kappa shape index (κ1) is 22.2. The van der Waals surface area contributed by atoms with E-state index in [4.69, 9.17) is 9.47 Å². The van der Waals surface area contributed by atoms with Crippen molar-refractivity contribution < 1.29 is 14.3 Å². The molecule has 3 rings (SSSR count). The topological polar surface area (TPSA) is 74.9 Å². The predicted octanol–water partition coefficient (Wildman–Crippen LogP) is 4.67. The fraction of sp³-hybridized carbons (Fsp3) is 0.227. The van der Waals surface area contributed by atoms with E-state index in [-0.39, 0.29) is 12.5 Å². The number of hydrogen-bond acceptors (Lipinski definition) is 6. The molecule has 1 aliphatic heterocycles. The number of nitriles is 1. The number of carbonyl (C=O) groups excluding carboxylic acids is 1. The zero-order valence-corrected chi connectivity index (χ0v) is 19.8. The predicted molar refractivity (Wildman–Crippen MR) is 128 cm³/mol. The van der Waals surface area contributed by atoms with Crippen LogP contribution in [0.3, 0.4) is 0 Å². The fourth-order valence-electron chi connectivity index (χ4n) is 2.88. The van der Waals surface area contributed by atoms with Gasteiger partial charge >= 0.3 is 0 Å². The number of amidine groups is 1. The van der Waals surface area contributed by atoms with Crippen molar-refractivity contribution in [2.24, 2.45) is 4.99 Å². The molecule has 0 atom stereocenters. The van der Waals surface area contributed by atoms with Gasteiger partial charge in [-0.3, -0.25) is 14.7 Å². The second-order valence-corrected chi connectivity index (χ2v) is 8.47. The first-order valence-corrected chi connectivity index (χ1v) is 11.1. The van der Waals surface area contributed by atoms with E-state index in [9.17, 15) is 10.1 Å². The zero-order valence-electron chi connectivity index (χ0n) is 16.8. The van der Waals surface area contributed by atoms with Gasteiger partial charge in [0.2, 0.25) is 0 Å². The van der Waals surface area contributed by atoms with Gasteiger partial charge in [-0.2, -0.15) is 5.26 Å². The summed E-state index contributed by atoms with van der Waals surface area (Å²) in [6.45, 7) is 2.64. The van der Waals surface area contributed by atoms with Crippen LogP contribution in [0.5, 0.6) is 11.5 Å². The largest absolute Gasteiger partial charge is 0.490 e. The highest BCUT2D eigenvalue weighted by molar-refractivity contribution is 14.1. The molecule has 6 nitrogen and oxygen atoms in total. The molecule has 1 amide bonds. The van der Waals surface area contributed by atoms with Crippen LogP contribution in [0.2, 0.25) is 0 Å². The molecule has 0 N–H and O–H groups in total. The van der Waals surface area contributed by atoms with Gasteiger partial charge in [0.15, 0.2) is 16.7 Å². The summed E-state index contributed by atoms with van der Waals surface area (Å²) in [5, 5.41) is 9.95. The Morgan fingerprint density at radius 3 is 2.73 bits per heavy atom. The highest BCUT2D eigenvalue weighted by Gasteiger charge is 2.29. The van der Waals surface area contributed by atoms with Crippen molar-refractivity contribution in [1.82, 2.24) is 4.90 Å². The Morgan fingerprint density at radius 1 is 1.30 bits per heavy atom. The summed E-state index contributed by atoms with van der Waals surface area (Å²) in [5.41, 5.74) is 2.24. The lowest BCUT2D eigenvalue weighted by Gasteiger charge is -2.15. The smallest absolute Gasteiger partial charge is 0.266 e. The van der Waals surface area contributed by atoms with E-state index in [0.29, 0.717) is 33.7 Å². The first-order valence-electron chi connectivity index (χ1n) is 9.20. The van der Waals surface area contributed by atoms with Crippen molar-refractivity contribution in [2.75, 3.05) is 20.7 Å². The number of rotatable bonds is 6. The minimum absolute atomic E-state index is 0.0815. The molecule has 1 heterocycles. The van der Waals surface area contributed by atoms with Gasteiger partial charge in [0.05, 0.1) is 26.7 Å². The van der Waals surface area contributed by atoms with Crippen molar-refractivity contribution in [2.45, 2.75) is 13.5 Å². The maximum atomic E-state index is 12.4. The third-order valence-electron chi connectivity index (χ3n) is 4.33. The number of halogens is 1. The van der Waals surface area contributed by atoms with Crippen LogP contribution in [-0.2, 0) is 11.4 Å². The fourth-order valence-corrected chi connectivity index (χ4v) is 4.59. The molecular formula is C22H20IN3O3S. The Morgan fingerprint density at radius 2 is 2.07 bits per heavy atom. The number of carbonyl (C=O) groups is 1. The van der Waals surface area contributed by atoms with E-state index in [2.05, 4.69) is 33.7 Å². The molecule has 0 spiro atoms. The number of thioether (sulfide) groups is 1. The zero-order chi connectivity index (χ0) is 21.7. The number of hydrogen-bond donors (Lipinski definition) is 0. The molecule has 0 radical (unpaired) electrons. The van der Waals surface area contributed by atoms with Crippen LogP contribution in [0.15, 0.2) is 46.3 Å². The van der Waals surface area contributed by atoms with Crippen molar-refractivity contribution >= 4 is 51.5 Å². The molecule has 30 heavy (non-hydrogen) atoms. The number of ether oxygens (including phenoxy) is 2. The standard InChI is InChI=1S/C22H20IN3O3S/c1-4-28-18-10-14(11-19-21(27)26(3)22(25-2)30-19)9-17(23)20(18)29-13-16-8-6-5-7-15(16)12-24/h5-11H,4,13H2,1-3H3/b19-11+,25-22?. The first-order chi connectivity index (χ1) is 14.5. The molecule has 1 aliphatic rings. The Bertz CT molecular complexity index is 1080. The van der Waals surface area contributed by atoms with Gasteiger partial charge < -0.3 is 9.47 Å². The molecule has 0 bridgehead atoms. The van der Waals surface area contributed by atoms with E-state index in [1.807, 2.05) is 43.3 Å². The minimum atomic E-state index is -0.0815. The second-order valence-electron chi connectivity index (χ2n) is 6.30. The SMILES string of the molecule is CCOc1cc(/C=C2/SC(=NC)N(C)C2=O)cc(I)c1OCc1ccccc1C#N. The Hall–Kier alpha value is -2.51. The molecule has 0 aromatic heterocycles. The van der Waals surface area contributed by atoms with Crippen molar-refractivity contribution in [3.63, 3.8) is 0 Å². The lowest BCUT2D eigenvalue weighted by Crippen LogP contribution is -2.23. The maximum absolute atomic E-state index is 12.4. The average Bonchev–Trinajstić information content (AvgIpc) is 3.01. The van der Waals surface area contributed by atoms with Crippen LogP contribution in [0.1, 0.15) is 23.6 Å². The summed E-state index contributed by atoms with van der Waals surface area (Å²) in [6, 6.07) is 13.3. The molecule has 2 aromatic carbocycles. The van der Waals surface area contributed by atoms with Crippen molar-refractivity contribution in [1.29, 1.82) is 5.26 Å². The highest BCUT2D eigenvalue weighted by atomic mass is 127. The number of nitrogens with zero attached hydrogens (tertiary/aromatic N) is 3. The number of likely N-dealkylation sites (N-methyl/N-ethyl adjacent to an activating group) is 1. The highest BCUT2D eigenvalue weighted by Crippen LogP contribution is 2.37. The summed E-state index contributed by atoms with van der Waals surface area (Å²) in [7, 11) is 3.38. The minimum Gasteiger partial charge on any atom is -0.490 e. The molecule has 154 valence electrons. The number of aliphatic imine (C=N–C) groups is 1. The van der Waals surface area contributed by atoms with Gasteiger partial charge in [-0.25, -0.2) is 0 Å². The van der Waals surface area contributed by atoms with E-state index in [1.54, 1.807) is 20.2 Å². The molecule has 2 aromatic rings. The number of amides is 1. The Kier molecular flexibility index (Phi) is 7.39. The van der Waals surface area contributed by atoms with Crippen LogP contribution >= 0.6 is 34.4 Å². The van der Waals surface area contributed by atoms with E-state index < -0.39 is 0 Å². The van der Waals surface area contributed by atoms with Gasteiger partial charge in [-0.05, 0) is 71.1 Å². The van der Waals surface area contributed by atoms with Gasteiger partial charge in [-0.1, -0.05) is 18.2 Å². The molecule has 0 unspecified atom stereocenters. The van der Waals surface area contributed by atoms with Gasteiger partial charge in [0.1, 0.15) is 6.61 Å². The summed E-state index contributed by atoms with van der Waals surface area (Å²) in [6.07, 6.45) is 1.83. The monoisotopic (exact) mass is 533 g/mol. The summed E-state index contributed by atoms with van der Waals surface area (Å²) in [4.78, 5) is 18.7. The van der Waals surface area contributed by atoms with Gasteiger partial charge in [0, 0.05) is 19.7 Å². The number of benzene rings is 2. The van der Waals surface area contributed by atoms with Gasteiger partial charge in [-0.15, -0.1) is 0 Å². The molecule has 0 aliphatic carbocycles. The summed E-state index contributed by atoms with van der Waals surface area (Å²) >= 11 is 3.54. The van der Waals surface area contributed by atoms with Crippen LogP contribution < -0.4 is 9.47 Å². The lowest BCUT2D eigenvalue weighted by atomic mass is 10.1. The molecule has 1 saturated heterocycles. The maximum Gasteiger partial charge on any atom is 0.266 e. The van der Waals surface area contributed by atoms with Crippen LogP contribution in [0.4, 0.5) is 0 Å². The second kappa shape index (κ2) is 10.00. The van der Waals surface area contributed by atoms with Crippen molar-refractivity contribution in [3.8, 4) is 17.6 Å². The normalized spacial score (nSPS) is 16.2. The third kappa shape index (κ3) is 4.79.